The van der Waals surface area contributed by atoms with Crippen molar-refractivity contribution in [3.05, 3.63) is 28.7 Å². The molecule has 0 atom stereocenters. The van der Waals surface area contributed by atoms with Crippen LogP contribution < -0.4 is 16.0 Å². The van der Waals surface area contributed by atoms with Gasteiger partial charge in [0, 0.05) is 12.7 Å². The van der Waals surface area contributed by atoms with Crippen LogP contribution in [-0.2, 0) is 6.54 Å². The number of aryl methyl sites for hydroxylation is 1. The Morgan fingerprint density at radius 3 is 2.88 bits per heavy atom. The molecule has 0 amide bonds. The summed E-state index contributed by atoms with van der Waals surface area (Å²) in [7, 11) is 0. The molecule has 0 radical (unpaired) electrons. The van der Waals surface area contributed by atoms with Crippen LogP contribution in [0.4, 0.5) is 0 Å². The quantitative estimate of drug-likeness (QED) is 0.702. The van der Waals surface area contributed by atoms with Crippen molar-refractivity contribution in [2.24, 2.45) is 5.73 Å². The van der Waals surface area contributed by atoms with E-state index in [4.69, 9.17) is 10.5 Å². The second kappa shape index (κ2) is 7.90. The van der Waals surface area contributed by atoms with Gasteiger partial charge in [-0.25, -0.2) is 0 Å². The standard InChI is InChI=1S/C13H22N2O2/c1-2-3-4-11-17-12-7-5-9-15(13(12)16)10-6-8-14/h5,7,9H,2-4,6,8,10-11,14H2,1H3. The molecule has 1 aromatic heterocycles. The molecular formula is C13H22N2O2. The monoisotopic (exact) mass is 238 g/mol. The van der Waals surface area contributed by atoms with Gasteiger partial charge < -0.3 is 15.0 Å². The van der Waals surface area contributed by atoms with Gasteiger partial charge in [0.1, 0.15) is 0 Å². The zero-order chi connectivity index (χ0) is 12.5. The molecule has 1 aromatic rings. The number of ether oxygens (including phenoxy) is 1. The molecule has 0 aromatic carbocycles. The van der Waals surface area contributed by atoms with Gasteiger partial charge in [0.15, 0.2) is 5.75 Å². The van der Waals surface area contributed by atoms with Gasteiger partial charge in [-0.1, -0.05) is 19.8 Å². The van der Waals surface area contributed by atoms with E-state index in [1.165, 1.54) is 0 Å². The Morgan fingerprint density at radius 1 is 1.35 bits per heavy atom. The minimum atomic E-state index is -0.0579. The molecule has 0 aliphatic carbocycles. The van der Waals surface area contributed by atoms with Crippen LogP contribution in [0, 0.1) is 0 Å². The Bertz CT molecular complexity index is 374. The zero-order valence-corrected chi connectivity index (χ0v) is 10.5. The van der Waals surface area contributed by atoms with E-state index in [1.807, 2.05) is 6.07 Å². The second-order valence-corrected chi connectivity index (χ2v) is 4.07. The van der Waals surface area contributed by atoms with E-state index in [2.05, 4.69) is 6.92 Å². The first-order chi connectivity index (χ1) is 8.29. The third kappa shape index (κ3) is 4.61. The minimum Gasteiger partial charge on any atom is -0.488 e. The highest BCUT2D eigenvalue weighted by molar-refractivity contribution is 5.17. The number of unbranched alkanes of at least 4 members (excludes halogenated alkanes) is 2. The van der Waals surface area contributed by atoms with E-state index in [-0.39, 0.29) is 5.56 Å². The maximum atomic E-state index is 11.9. The van der Waals surface area contributed by atoms with Crippen molar-refractivity contribution in [1.82, 2.24) is 4.57 Å². The van der Waals surface area contributed by atoms with Crippen LogP contribution in [0.3, 0.4) is 0 Å². The third-order valence-electron chi connectivity index (χ3n) is 2.59. The molecule has 17 heavy (non-hydrogen) atoms. The summed E-state index contributed by atoms with van der Waals surface area (Å²) in [4.78, 5) is 11.9. The Hall–Kier alpha value is -1.29. The highest BCUT2D eigenvalue weighted by Crippen LogP contribution is 2.04. The second-order valence-electron chi connectivity index (χ2n) is 4.07. The predicted molar refractivity (Wildman–Crippen MR) is 69.4 cm³/mol. The van der Waals surface area contributed by atoms with E-state index >= 15 is 0 Å². The zero-order valence-electron chi connectivity index (χ0n) is 10.5. The van der Waals surface area contributed by atoms with Crippen molar-refractivity contribution in [2.75, 3.05) is 13.2 Å². The Balaban J connectivity index is 2.57. The number of nitrogens with zero attached hydrogens (tertiary/aromatic N) is 1. The van der Waals surface area contributed by atoms with Crippen molar-refractivity contribution >= 4 is 0 Å². The molecule has 0 unspecified atom stereocenters. The highest BCUT2D eigenvalue weighted by Gasteiger charge is 2.03. The van der Waals surface area contributed by atoms with E-state index in [1.54, 1.807) is 16.8 Å². The van der Waals surface area contributed by atoms with E-state index in [0.29, 0.717) is 25.4 Å². The van der Waals surface area contributed by atoms with Gasteiger partial charge in [0.05, 0.1) is 6.61 Å². The lowest BCUT2D eigenvalue weighted by Crippen LogP contribution is -2.22. The van der Waals surface area contributed by atoms with Gasteiger partial charge in [-0.2, -0.15) is 0 Å². The molecular weight excluding hydrogens is 216 g/mol. The Morgan fingerprint density at radius 2 is 2.18 bits per heavy atom. The van der Waals surface area contributed by atoms with Crippen LogP contribution >= 0.6 is 0 Å². The first kappa shape index (κ1) is 13.8. The van der Waals surface area contributed by atoms with Gasteiger partial charge in [-0.15, -0.1) is 0 Å². The molecule has 0 fully saturated rings. The molecule has 0 aliphatic heterocycles. The lowest BCUT2D eigenvalue weighted by Gasteiger charge is -2.08. The molecule has 0 spiro atoms. The fourth-order valence-corrected chi connectivity index (χ4v) is 1.60. The average molecular weight is 238 g/mol. The van der Waals surface area contributed by atoms with Crippen LogP contribution in [0.25, 0.3) is 0 Å². The van der Waals surface area contributed by atoms with Crippen molar-refractivity contribution in [2.45, 2.75) is 39.2 Å². The Labute approximate surface area is 102 Å². The Kier molecular flexibility index (Phi) is 6.40. The normalized spacial score (nSPS) is 10.5. The first-order valence-electron chi connectivity index (χ1n) is 6.32. The molecule has 4 heteroatoms. The molecule has 1 rings (SSSR count). The molecule has 1 heterocycles. The fourth-order valence-electron chi connectivity index (χ4n) is 1.60. The molecule has 0 saturated heterocycles. The number of hydrogen-bond donors (Lipinski definition) is 1. The molecule has 96 valence electrons. The lowest BCUT2D eigenvalue weighted by molar-refractivity contribution is 0.299. The summed E-state index contributed by atoms with van der Waals surface area (Å²) in [5.41, 5.74) is 5.37. The first-order valence-corrected chi connectivity index (χ1v) is 6.32. The van der Waals surface area contributed by atoms with Crippen LogP contribution in [0.1, 0.15) is 32.6 Å². The van der Waals surface area contributed by atoms with E-state index < -0.39 is 0 Å². The van der Waals surface area contributed by atoms with Crippen molar-refractivity contribution in [1.29, 1.82) is 0 Å². The number of hydrogen-bond acceptors (Lipinski definition) is 3. The maximum Gasteiger partial charge on any atom is 0.292 e. The van der Waals surface area contributed by atoms with Gasteiger partial charge >= 0.3 is 0 Å². The van der Waals surface area contributed by atoms with Gasteiger partial charge in [0.2, 0.25) is 0 Å². The van der Waals surface area contributed by atoms with Crippen molar-refractivity contribution in [3.8, 4) is 5.75 Å². The maximum absolute atomic E-state index is 11.9. The summed E-state index contributed by atoms with van der Waals surface area (Å²) in [5.74, 6) is 0.445. The van der Waals surface area contributed by atoms with Crippen molar-refractivity contribution < 1.29 is 4.74 Å². The molecule has 0 aliphatic rings. The molecule has 0 saturated carbocycles. The van der Waals surface area contributed by atoms with Gasteiger partial charge in [0.25, 0.3) is 5.56 Å². The minimum absolute atomic E-state index is 0.0579. The number of rotatable bonds is 8. The summed E-state index contributed by atoms with van der Waals surface area (Å²) >= 11 is 0. The van der Waals surface area contributed by atoms with Crippen LogP contribution in [0.2, 0.25) is 0 Å². The summed E-state index contributed by atoms with van der Waals surface area (Å²) in [6.45, 7) is 4.00. The summed E-state index contributed by atoms with van der Waals surface area (Å²) in [6, 6.07) is 3.57. The summed E-state index contributed by atoms with van der Waals surface area (Å²) < 4.78 is 7.15. The predicted octanol–water partition coefficient (Wildman–Crippen LogP) is 1.77. The van der Waals surface area contributed by atoms with Crippen LogP contribution in [0.15, 0.2) is 23.1 Å². The largest absolute Gasteiger partial charge is 0.488 e. The summed E-state index contributed by atoms with van der Waals surface area (Å²) in [6.07, 6.45) is 5.86. The van der Waals surface area contributed by atoms with E-state index in [9.17, 15) is 4.79 Å². The average Bonchev–Trinajstić information content (AvgIpc) is 2.35. The third-order valence-corrected chi connectivity index (χ3v) is 2.59. The van der Waals surface area contributed by atoms with Gasteiger partial charge in [-0.05, 0) is 31.5 Å². The van der Waals surface area contributed by atoms with E-state index in [0.717, 1.165) is 25.7 Å². The van der Waals surface area contributed by atoms with Gasteiger partial charge in [-0.3, -0.25) is 4.79 Å². The number of nitrogens with two attached hydrogens (primary N) is 1. The smallest absolute Gasteiger partial charge is 0.292 e. The topological polar surface area (TPSA) is 57.2 Å². The van der Waals surface area contributed by atoms with Crippen LogP contribution in [-0.4, -0.2) is 17.7 Å². The van der Waals surface area contributed by atoms with Crippen LogP contribution in [0.5, 0.6) is 5.75 Å². The number of aromatic nitrogens is 1. The summed E-state index contributed by atoms with van der Waals surface area (Å²) in [5, 5.41) is 0. The fraction of sp³-hybridized carbons (Fsp3) is 0.615. The SMILES string of the molecule is CCCCCOc1cccn(CCCN)c1=O. The highest BCUT2D eigenvalue weighted by atomic mass is 16.5. The molecule has 4 nitrogen and oxygen atoms in total. The number of pyridine rings is 1. The molecule has 0 bridgehead atoms. The lowest BCUT2D eigenvalue weighted by atomic mass is 10.3. The van der Waals surface area contributed by atoms with Crippen molar-refractivity contribution in [3.63, 3.8) is 0 Å². The molecule has 2 N–H and O–H groups in total.